The van der Waals surface area contributed by atoms with Crippen LogP contribution in [0.25, 0.3) is 0 Å². The molecular formula is C59H105NO10. The number of ether oxygens (including phenoxy) is 3. The van der Waals surface area contributed by atoms with Gasteiger partial charge in [-0.2, -0.15) is 0 Å². The van der Waals surface area contributed by atoms with E-state index in [1.807, 2.05) is 18.2 Å². The predicted molar refractivity (Wildman–Crippen MR) is 287 cm³/mol. The SMILES string of the molecule is CCCCC/C=C\C/C=C\CCCCCCCCC(O)C(=O)NC(COC1OC(CO)C(O)C(O)C1OC(=O)CC/C=C/C/C=C\CCCCCCCC)C(O)/C=C/CCCCCCCCCCCC. The van der Waals surface area contributed by atoms with Gasteiger partial charge < -0.3 is 45.1 Å². The summed E-state index contributed by atoms with van der Waals surface area (Å²) >= 11 is 0. The Balaban J connectivity index is 2.78. The molecule has 0 aromatic carbocycles. The highest BCUT2D eigenvalue weighted by Crippen LogP contribution is 2.26. The molecular weight excluding hydrogens is 883 g/mol. The van der Waals surface area contributed by atoms with E-state index in [0.29, 0.717) is 12.8 Å². The van der Waals surface area contributed by atoms with Gasteiger partial charge >= 0.3 is 5.97 Å². The first-order valence-corrected chi connectivity index (χ1v) is 28.6. The van der Waals surface area contributed by atoms with Crippen molar-refractivity contribution in [3.8, 4) is 0 Å². The van der Waals surface area contributed by atoms with Gasteiger partial charge in [-0.05, 0) is 77.0 Å². The first-order valence-electron chi connectivity index (χ1n) is 28.6. The van der Waals surface area contributed by atoms with E-state index < -0.39 is 67.4 Å². The Bertz CT molecular complexity index is 1370. The second-order valence-electron chi connectivity index (χ2n) is 19.7. The molecule has 1 rings (SSSR count). The molecule has 0 radical (unpaired) electrons. The van der Waals surface area contributed by atoms with Crippen molar-refractivity contribution in [1.82, 2.24) is 5.32 Å². The lowest BCUT2D eigenvalue weighted by Gasteiger charge is -2.41. The first-order chi connectivity index (χ1) is 34.2. The monoisotopic (exact) mass is 988 g/mol. The summed E-state index contributed by atoms with van der Waals surface area (Å²) in [6, 6.07) is -1.04. The van der Waals surface area contributed by atoms with Crippen LogP contribution in [0, 0.1) is 0 Å². The van der Waals surface area contributed by atoms with E-state index in [0.717, 1.165) is 77.0 Å². The summed E-state index contributed by atoms with van der Waals surface area (Å²) in [6.07, 6.45) is 47.0. The highest BCUT2D eigenvalue weighted by molar-refractivity contribution is 5.80. The van der Waals surface area contributed by atoms with Crippen LogP contribution in [0.15, 0.2) is 60.8 Å². The number of carbonyl (C=O) groups excluding carboxylic acids is 2. The van der Waals surface area contributed by atoms with E-state index in [9.17, 15) is 35.1 Å². The maximum Gasteiger partial charge on any atom is 0.306 e. The van der Waals surface area contributed by atoms with Crippen molar-refractivity contribution < 1.29 is 49.3 Å². The third kappa shape index (κ3) is 35.5. The molecule has 0 aliphatic carbocycles. The predicted octanol–water partition coefficient (Wildman–Crippen LogP) is 12.7. The van der Waals surface area contributed by atoms with Crippen molar-refractivity contribution in [3.05, 3.63) is 60.8 Å². The molecule has 70 heavy (non-hydrogen) atoms. The zero-order chi connectivity index (χ0) is 51.1. The molecule has 11 nitrogen and oxygen atoms in total. The van der Waals surface area contributed by atoms with E-state index >= 15 is 0 Å². The Morgan fingerprint density at radius 2 is 0.986 bits per heavy atom. The van der Waals surface area contributed by atoms with Gasteiger partial charge in [0.25, 0.3) is 0 Å². The fourth-order valence-electron chi connectivity index (χ4n) is 8.56. The molecule has 406 valence electrons. The fraction of sp³-hybridized carbons (Fsp3) is 0.797. The van der Waals surface area contributed by atoms with Gasteiger partial charge in [0, 0.05) is 6.42 Å². The highest BCUT2D eigenvalue weighted by Gasteiger charge is 2.47. The number of aliphatic hydroxyl groups excluding tert-OH is 5. The Hall–Kier alpha value is -2.64. The topological polar surface area (TPSA) is 175 Å². The Morgan fingerprint density at radius 1 is 0.557 bits per heavy atom. The minimum absolute atomic E-state index is 0.0156. The number of rotatable bonds is 47. The first kappa shape index (κ1) is 65.4. The summed E-state index contributed by atoms with van der Waals surface area (Å²) in [5.74, 6) is -1.28. The second kappa shape index (κ2) is 47.4. The van der Waals surface area contributed by atoms with Crippen LogP contribution in [-0.2, 0) is 23.8 Å². The maximum absolute atomic E-state index is 13.4. The number of allylic oxidation sites excluding steroid dienone is 9. The van der Waals surface area contributed by atoms with Gasteiger partial charge in [-0.3, -0.25) is 9.59 Å². The molecule has 11 heteroatoms. The summed E-state index contributed by atoms with van der Waals surface area (Å²) in [4.78, 5) is 26.4. The number of esters is 1. The van der Waals surface area contributed by atoms with Gasteiger partial charge in [0.1, 0.15) is 24.4 Å². The van der Waals surface area contributed by atoms with Crippen molar-refractivity contribution >= 4 is 11.9 Å². The summed E-state index contributed by atoms with van der Waals surface area (Å²) in [5.41, 5.74) is 0. The average molecular weight is 988 g/mol. The molecule has 0 spiro atoms. The lowest BCUT2D eigenvalue weighted by atomic mass is 9.99. The van der Waals surface area contributed by atoms with Crippen LogP contribution in [0.1, 0.15) is 239 Å². The molecule has 6 N–H and O–H groups in total. The Morgan fingerprint density at radius 3 is 1.49 bits per heavy atom. The number of aliphatic hydroxyl groups is 5. The molecule has 0 saturated carbocycles. The van der Waals surface area contributed by atoms with Crippen LogP contribution in [0.2, 0.25) is 0 Å². The van der Waals surface area contributed by atoms with Gasteiger partial charge in [0.2, 0.25) is 5.91 Å². The molecule has 8 unspecified atom stereocenters. The molecule has 1 heterocycles. The summed E-state index contributed by atoms with van der Waals surface area (Å²) in [7, 11) is 0. The zero-order valence-corrected chi connectivity index (χ0v) is 44.6. The molecule has 1 aliphatic heterocycles. The molecule has 0 bridgehead atoms. The minimum Gasteiger partial charge on any atom is -0.454 e. The highest BCUT2D eigenvalue weighted by atomic mass is 16.7. The normalized spacial score (nSPS) is 20.1. The minimum atomic E-state index is -1.64. The molecule has 1 amide bonds. The van der Waals surface area contributed by atoms with Crippen LogP contribution in [0.3, 0.4) is 0 Å². The van der Waals surface area contributed by atoms with Crippen molar-refractivity contribution in [2.75, 3.05) is 13.2 Å². The van der Waals surface area contributed by atoms with Gasteiger partial charge in [-0.25, -0.2) is 0 Å². The third-order valence-electron chi connectivity index (χ3n) is 13.2. The number of nitrogens with one attached hydrogen (secondary N) is 1. The van der Waals surface area contributed by atoms with E-state index in [1.54, 1.807) is 6.08 Å². The Kier molecular flexibility index (Phi) is 44.2. The molecule has 1 fully saturated rings. The molecule has 0 aromatic rings. The number of hydrogen-bond acceptors (Lipinski definition) is 10. The van der Waals surface area contributed by atoms with Crippen LogP contribution in [0.4, 0.5) is 0 Å². The Labute approximate surface area is 427 Å². The molecule has 0 aromatic heterocycles. The lowest BCUT2D eigenvalue weighted by Crippen LogP contribution is -2.61. The van der Waals surface area contributed by atoms with E-state index in [4.69, 9.17) is 14.2 Å². The van der Waals surface area contributed by atoms with Crippen LogP contribution < -0.4 is 5.32 Å². The van der Waals surface area contributed by atoms with Crippen molar-refractivity contribution in [3.63, 3.8) is 0 Å². The fourth-order valence-corrected chi connectivity index (χ4v) is 8.56. The van der Waals surface area contributed by atoms with Crippen molar-refractivity contribution in [2.24, 2.45) is 0 Å². The van der Waals surface area contributed by atoms with Gasteiger partial charge in [0.15, 0.2) is 12.4 Å². The number of unbranched alkanes of at least 4 members (excludes halogenated alkanes) is 25. The molecule has 1 saturated heterocycles. The lowest BCUT2D eigenvalue weighted by molar-refractivity contribution is -0.305. The molecule has 1 aliphatic rings. The van der Waals surface area contributed by atoms with E-state index in [1.165, 1.54) is 116 Å². The van der Waals surface area contributed by atoms with Gasteiger partial charge in [-0.1, -0.05) is 216 Å². The maximum atomic E-state index is 13.4. The number of amides is 1. The summed E-state index contributed by atoms with van der Waals surface area (Å²) in [5, 5.41) is 56.7. The van der Waals surface area contributed by atoms with Crippen LogP contribution >= 0.6 is 0 Å². The van der Waals surface area contributed by atoms with Crippen LogP contribution in [-0.4, -0.2) is 99.6 Å². The van der Waals surface area contributed by atoms with E-state index in [-0.39, 0.29) is 19.4 Å². The quantitative estimate of drug-likeness (QED) is 0.0196. The summed E-state index contributed by atoms with van der Waals surface area (Å²) < 4.78 is 17.5. The van der Waals surface area contributed by atoms with Crippen molar-refractivity contribution in [1.29, 1.82) is 0 Å². The summed E-state index contributed by atoms with van der Waals surface area (Å²) in [6.45, 7) is 5.70. The van der Waals surface area contributed by atoms with Crippen LogP contribution in [0.5, 0.6) is 0 Å². The van der Waals surface area contributed by atoms with Gasteiger partial charge in [0.05, 0.1) is 25.4 Å². The second-order valence-corrected chi connectivity index (χ2v) is 19.7. The van der Waals surface area contributed by atoms with E-state index in [2.05, 4.69) is 62.5 Å². The molecule has 8 atom stereocenters. The average Bonchev–Trinajstić information content (AvgIpc) is 3.36. The standard InChI is InChI=1S/C59H105NO10/c1-4-7-10-13-16-19-22-25-26-27-29-31-34-37-40-43-46-52(63)58(67)60-50(51(62)45-42-39-36-33-30-24-21-18-15-12-9-6-3)49-68-59-57(56(66)55(65)53(48-61)69-59)70-54(64)47-44-41-38-35-32-28-23-20-17-14-11-8-5-2/h16,19,25-26,28,32,38,41-42,45,50-53,55-57,59,61-63,65-66H,4-15,17-18,20-24,27,29-31,33-37,39-40,43-44,46-49H2,1-3H3,(H,60,67)/b19-16-,26-25-,32-28-,41-38+,45-42+. The zero-order valence-electron chi connectivity index (χ0n) is 44.6. The number of carbonyl (C=O) groups is 2. The largest absolute Gasteiger partial charge is 0.454 e. The van der Waals surface area contributed by atoms with Crippen molar-refractivity contribution in [2.45, 2.75) is 288 Å². The number of hydrogen-bond donors (Lipinski definition) is 6. The third-order valence-corrected chi connectivity index (χ3v) is 13.2. The van der Waals surface area contributed by atoms with Gasteiger partial charge in [-0.15, -0.1) is 0 Å². The smallest absolute Gasteiger partial charge is 0.306 e.